The van der Waals surface area contributed by atoms with E-state index < -0.39 is 6.10 Å². The van der Waals surface area contributed by atoms with Gasteiger partial charge in [0.2, 0.25) is 0 Å². The summed E-state index contributed by atoms with van der Waals surface area (Å²) in [5.41, 5.74) is 3.11. The molecule has 0 amide bonds. The third-order valence-electron chi connectivity index (χ3n) is 6.67. The number of aliphatic hydroxyl groups is 1. The molecule has 170 valence electrons. The molecule has 3 fully saturated rings. The van der Waals surface area contributed by atoms with Crippen LogP contribution >= 0.6 is 12.4 Å². The molecule has 6 heteroatoms. The van der Waals surface area contributed by atoms with Gasteiger partial charge in [-0.2, -0.15) is 0 Å². The number of hydrogen-bond donors (Lipinski definition) is 1. The van der Waals surface area contributed by atoms with Crippen LogP contribution in [0.4, 0.5) is 0 Å². The largest absolute Gasteiger partial charge is 0.497 e. The molecule has 1 N–H and O–H groups in total. The Morgan fingerprint density at radius 2 is 1.97 bits per heavy atom. The van der Waals surface area contributed by atoms with Crippen LogP contribution < -0.4 is 4.74 Å². The highest BCUT2D eigenvalue weighted by Crippen LogP contribution is 2.42. The zero-order valence-corrected chi connectivity index (χ0v) is 19.5. The summed E-state index contributed by atoms with van der Waals surface area (Å²) >= 11 is 0. The number of aromatic nitrogens is 2. The number of methoxy groups -OCH3 is 1. The first-order valence-electron chi connectivity index (χ1n) is 10.9. The maximum atomic E-state index is 11.2. The van der Waals surface area contributed by atoms with Crippen molar-refractivity contribution in [2.45, 2.75) is 31.9 Å². The summed E-state index contributed by atoms with van der Waals surface area (Å²) < 4.78 is 5.35. The van der Waals surface area contributed by atoms with Gasteiger partial charge in [-0.15, -0.1) is 19.0 Å². The van der Waals surface area contributed by atoms with Gasteiger partial charge < -0.3 is 9.84 Å². The number of halogens is 1. The van der Waals surface area contributed by atoms with Crippen LogP contribution in [0, 0.1) is 18.8 Å². The molecule has 3 saturated heterocycles. The standard InChI is InChI=1S/C20H24N2O2.C6H7N.ClH/c1-3-13-12-22-9-7-14(13)10-19(22)20(23)16-6-8-21-18-5-4-15(24-2)11-17(16)18;1-6-2-4-7-5-3-6;/h3-6,8,11,13-14,19-20,23H,1,7,9-10,12H2,2H3;2-5H,1H3;1H/t13-,14-,19-,20+;;/m0../s1. The van der Waals surface area contributed by atoms with Crippen LogP contribution in [0.15, 0.2) is 67.6 Å². The maximum Gasteiger partial charge on any atom is 0.119 e. The van der Waals surface area contributed by atoms with Gasteiger partial charge in [0.25, 0.3) is 0 Å². The number of benzene rings is 1. The van der Waals surface area contributed by atoms with Crippen LogP contribution in [0.5, 0.6) is 5.75 Å². The van der Waals surface area contributed by atoms with Crippen molar-refractivity contribution in [2.24, 2.45) is 11.8 Å². The van der Waals surface area contributed by atoms with Crippen LogP contribution in [0.2, 0.25) is 0 Å². The number of aliphatic hydroxyl groups excluding tert-OH is 1. The molecular formula is C26H32ClN3O2. The smallest absolute Gasteiger partial charge is 0.119 e. The van der Waals surface area contributed by atoms with Crippen molar-refractivity contribution in [3.63, 3.8) is 0 Å². The molecule has 3 aliphatic rings. The summed E-state index contributed by atoms with van der Waals surface area (Å²) in [7, 11) is 1.66. The molecule has 1 aromatic carbocycles. The van der Waals surface area contributed by atoms with E-state index in [9.17, 15) is 5.11 Å². The predicted octanol–water partition coefficient (Wildman–Crippen LogP) is 4.99. The van der Waals surface area contributed by atoms with Gasteiger partial charge in [0.1, 0.15) is 5.75 Å². The third kappa shape index (κ3) is 5.12. The molecule has 0 spiro atoms. The lowest BCUT2D eigenvalue weighted by atomic mass is 9.73. The number of rotatable bonds is 4. The van der Waals surface area contributed by atoms with Crippen molar-refractivity contribution < 1.29 is 9.84 Å². The predicted molar refractivity (Wildman–Crippen MR) is 131 cm³/mol. The third-order valence-corrected chi connectivity index (χ3v) is 6.67. The molecule has 0 radical (unpaired) electrons. The summed E-state index contributed by atoms with van der Waals surface area (Å²) in [6.45, 7) is 8.11. The Morgan fingerprint density at radius 3 is 2.56 bits per heavy atom. The molecule has 5 nitrogen and oxygen atoms in total. The molecule has 32 heavy (non-hydrogen) atoms. The average molecular weight is 454 g/mol. The van der Waals surface area contributed by atoms with Crippen molar-refractivity contribution in [3.8, 4) is 5.75 Å². The SMILES string of the molecule is C=C[C@H]1CN2CC[C@H]1C[C@H]2[C@H](O)c1ccnc2ccc(OC)cc12.Cc1ccncc1.Cl. The van der Waals surface area contributed by atoms with Gasteiger partial charge in [-0.1, -0.05) is 6.08 Å². The highest BCUT2D eigenvalue weighted by Gasteiger charge is 2.42. The van der Waals surface area contributed by atoms with E-state index in [-0.39, 0.29) is 18.4 Å². The molecule has 2 bridgehead atoms. The maximum absolute atomic E-state index is 11.2. The molecule has 2 aromatic heterocycles. The number of aryl methyl sites for hydroxylation is 1. The summed E-state index contributed by atoms with van der Waals surface area (Å²) in [5.74, 6) is 2.01. The minimum atomic E-state index is -0.504. The number of pyridine rings is 2. The van der Waals surface area contributed by atoms with E-state index in [0.717, 1.165) is 41.7 Å². The molecule has 0 aliphatic carbocycles. The second kappa shape index (κ2) is 10.9. The Balaban J connectivity index is 0.000000311. The Bertz CT molecular complexity index is 1030. The van der Waals surface area contributed by atoms with E-state index in [1.54, 1.807) is 25.7 Å². The van der Waals surface area contributed by atoms with Crippen molar-refractivity contribution in [1.29, 1.82) is 0 Å². The fourth-order valence-corrected chi connectivity index (χ4v) is 4.87. The highest BCUT2D eigenvalue weighted by atomic mass is 35.5. The van der Waals surface area contributed by atoms with E-state index >= 15 is 0 Å². The Kier molecular flexibility index (Phi) is 8.24. The van der Waals surface area contributed by atoms with Crippen molar-refractivity contribution in [3.05, 3.63) is 78.8 Å². The van der Waals surface area contributed by atoms with Crippen LogP contribution in [0.3, 0.4) is 0 Å². The lowest BCUT2D eigenvalue weighted by Crippen LogP contribution is -2.54. The zero-order chi connectivity index (χ0) is 21.8. The summed E-state index contributed by atoms with van der Waals surface area (Å²) in [4.78, 5) is 10.7. The van der Waals surface area contributed by atoms with Crippen LogP contribution in [-0.4, -0.2) is 46.2 Å². The normalized spacial score (nSPS) is 24.6. The first kappa shape index (κ1) is 24.2. The lowest BCUT2D eigenvalue weighted by Gasteiger charge is -2.50. The fourth-order valence-electron chi connectivity index (χ4n) is 4.87. The lowest BCUT2D eigenvalue weighted by molar-refractivity contribution is -0.0444. The molecule has 5 atom stereocenters. The van der Waals surface area contributed by atoms with Crippen molar-refractivity contribution >= 4 is 23.3 Å². The van der Waals surface area contributed by atoms with Crippen LogP contribution in [0.25, 0.3) is 10.9 Å². The number of nitrogens with zero attached hydrogens (tertiary/aromatic N) is 3. The molecule has 6 rings (SSSR count). The Labute approximate surface area is 196 Å². The molecule has 3 aliphatic heterocycles. The second-order valence-electron chi connectivity index (χ2n) is 8.50. The van der Waals surface area contributed by atoms with E-state index in [2.05, 4.69) is 27.5 Å². The molecule has 3 aromatic rings. The van der Waals surface area contributed by atoms with Gasteiger partial charge >= 0.3 is 0 Å². The van der Waals surface area contributed by atoms with E-state index in [1.807, 2.05) is 43.3 Å². The molecule has 0 saturated carbocycles. The van der Waals surface area contributed by atoms with E-state index in [0.29, 0.717) is 11.8 Å². The first-order valence-corrected chi connectivity index (χ1v) is 10.9. The van der Waals surface area contributed by atoms with Crippen LogP contribution in [0.1, 0.15) is 30.1 Å². The molecule has 5 heterocycles. The zero-order valence-electron chi connectivity index (χ0n) is 18.7. The van der Waals surface area contributed by atoms with Gasteiger partial charge in [-0.25, -0.2) is 0 Å². The van der Waals surface area contributed by atoms with E-state index in [1.165, 1.54) is 12.0 Å². The molecule has 1 unspecified atom stereocenters. The average Bonchev–Trinajstić information content (AvgIpc) is 2.83. The second-order valence-corrected chi connectivity index (χ2v) is 8.50. The van der Waals surface area contributed by atoms with Gasteiger partial charge in [-0.3, -0.25) is 14.9 Å². The summed E-state index contributed by atoms with van der Waals surface area (Å²) in [6.07, 6.45) is 9.19. The van der Waals surface area contributed by atoms with Gasteiger partial charge in [0.05, 0.1) is 18.7 Å². The van der Waals surface area contributed by atoms with Gasteiger partial charge in [0.15, 0.2) is 0 Å². The topological polar surface area (TPSA) is 58.5 Å². The number of piperidine rings is 3. The van der Waals surface area contributed by atoms with Crippen molar-refractivity contribution in [1.82, 2.24) is 14.9 Å². The summed E-state index contributed by atoms with van der Waals surface area (Å²) in [6, 6.07) is 11.9. The number of hydrogen-bond acceptors (Lipinski definition) is 5. The van der Waals surface area contributed by atoms with Crippen LogP contribution in [-0.2, 0) is 0 Å². The van der Waals surface area contributed by atoms with E-state index in [4.69, 9.17) is 4.74 Å². The molecular weight excluding hydrogens is 422 g/mol. The minimum Gasteiger partial charge on any atom is -0.497 e. The highest BCUT2D eigenvalue weighted by molar-refractivity contribution is 5.85. The van der Waals surface area contributed by atoms with Gasteiger partial charge in [-0.05, 0) is 85.7 Å². The summed E-state index contributed by atoms with van der Waals surface area (Å²) in [5, 5.41) is 12.1. The Morgan fingerprint density at radius 1 is 1.19 bits per heavy atom. The first-order chi connectivity index (χ1) is 15.1. The van der Waals surface area contributed by atoms with Crippen molar-refractivity contribution in [2.75, 3.05) is 20.2 Å². The monoisotopic (exact) mass is 453 g/mol. The quantitative estimate of drug-likeness (QED) is 0.564. The Hall–Kier alpha value is -2.47. The number of ether oxygens (including phenoxy) is 1. The number of fused-ring (bicyclic) bond motifs is 4. The van der Waals surface area contributed by atoms with Gasteiger partial charge in [0, 0.05) is 36.6 Å². The fraction of sp³-hybridized carbons (Fsp3) is 0.385. The minimum absolute atomic E-state index is 0.